The molecule has 2 N–H and O–H groups in total. The van der Waals surface area contributed by atoms with E-state index < -0.39 is 6.36 Å². The minimum absolute atomic E-state index is 0.306. The number of ether oxygens (including phenoxy) is 1. The van der Waals surface area contributed by atoms with E-state index in [1.54, 1.807) is 12.4 Å². The molecule has 8 nitrogen and oxygen atoms in total. The van der Waals surface area contributed by atoms with Crippen molar-refractivity contribution in [3.05, 3.63) is 90.5 Å². The first kappa shape index (κ1) is 24.8. The van der Waals surface area contributed by atoms with Crippen LogP contribution in [-0.2, 0) is 6.42 Å². The van der Waals surface area contributed by atoms with Crippen molar-refractivity contribution in [2.45, 2.75) is 12.8 Å². The lowest BCUT2D eigenvalue weighted by Crippen LogP contribution is -2.33. The Labute approximate surface area is 209 Å². The van der Waals surface area contributed by atoms with Crippen LogP contribution >= 0.6 is 12.2 Å². The molecule has 2 aromatic carbocycles. The third-order valence-corrected chi connectivity index (χ3v) is 5.00. The number of hydrogen-bond donors (Lipinski definition) is 2. The molecular weight excluding hydrogens is 491 g/mol. The van der Waals surface area contributed by atoms with E-state index in [-0.39, 0.29) is 5.75 Å². The van der Waals surface area contributed by atoms with E-state index in [2.05, 4.69) is 35.6 Å². The van der Waals surface area contributed by atoms with E-state index in [0.717, 1.165) is 23.2 Å². The standard InChI is InChI=1S/C24H20F3N7OS/c25-24(26,27)35-21-10-8-20(9-11-21)34-16-30-22(33-34)18-6-4-17(5-7-18)15-31-32-23(36)29-14-12-19-3-1-2-13-28-19/h1-11,13,15-16H,12,14H2,(H2,29,32,36)/b31-15+. The molecule has 0 saturated heterocycles. The molecule has 0 aliphatic rings. The number of hydrogen-bond acceptors (Lipinski definition) is 6. The Morgan fingerprint density at radius 3 is 2.50 bits per heavy atom. The van der Waals surface area contributed by atoms with E-state index in [1.165, 1.54) is 35.3 Å². The lowest BCUT2D eigenvalue weighted by atomic mass is 10.1. The number of pyridine rings is 1. The van der Waals surface area contributed by atoms with Gasteiger partial charge in [0.25, 0.3) is 0 Å². The monoisotopic (exact) mass is 511 g/mol. The Kier molecular flexibility index (Phi) is 7.85. The first-order chi connectivity index (χ1) is 17.4. The van der Waals surface area contributed by atoms with Gasteiger partial charge in [-0.3, -0.25) is 10.4 Å². The summed E-state index contributed by atoms with van der Waals surface area (Å²) in [5.74, 6) is 0.157. The second-order valence-electron chi connectivity index (χ2n) is 7.37. The number of benzene rings is 2. The van der Waals surface area contributed by atoms with E-state index >= 15 is 0 Å². The molecule has 0 radical (unpaired) electrons. The molecule has 0 saturated carbocycles. The van der Waals surface area contributed by atoms with Crippen LogP contribution in [0.2, 0.25) is 0 Å². The first-order valence-corrected chi connectivity index (χ1v) is 11.1. The molecule has 0 unspecified atom stereocenters. The summed E-state index contributed by atoms with van der Waals surface area (Å²) in [4.78, 5) is 8.53. The summed E-state index contributed by atoms with van der Waals surface area (Å²) in [7, 11) is 0. The van der Waals surface area contributed by atoms with Crippen molar-refractivity contribution in [3.8, 4) is 22.8 Å². The van der Waals surface area contributed by atoms with Crippen LogP contribution in [0, 0.1) is 0 Å². The van der Waals surface area contributed by atoms with E-state index in [4.69, 9.17) is 12.2 Å². The van der Waals surface area contributed by atoms with Crippen molar-refractivity contribution in [1.29, 1.82) is 0 Å². The van der Waals surface area contributed by atoms with Crippen molar-refractivity contribution < 1.29 is 17.9 Å². The van der Waals surface area contributed by atoms with Crippen molar-refractivity contribution in [2.24, 2.45) is 5.10 Å². The molecule has 4 rings (SSSR count). The number of hydrazone groups is 1. The number of nitrogens with one attached hydrogen (secondary N) is 2. The van der Waals surface area contributed by atoms with Crippen LogP contribution in [0.4, 0.5) is 13.2 Å². The zero-order chi connectivity index (χ0) is 25.4. The zero-order valence-corrected chi connectivity index (χ0v) is 19.5. The molecular formula is C24H20F3N7OS. The maximum Gasteiger partial charge on any atom is 0.573 e. The predicted molar refractivity (Wildman–Crippen MR) is 133 cm³/mol. The lowest BCUT2D eigenvalue weighted by molar-refractivity contribution is -0.274. The van der Waals surface area contributed by atoms with Gasteiger partial charge in [0.2, 0.25) is 0 Å². The lowest BCUT2D eigenvalue weighted by Gasteiger charge is -2.09. The molecule has 2 aromatic heterocycles. The van der Waals surface area contributed by atoms with Gasteiger partial charge in [0.05, 0.1) is 11.9 Å². The van der Waals surface area contributed by atoms with Crippen LogP contribution in [-0.4, -0.2) is 44.0 Å². The highest BCUT2D eigenvalue weighted by atomic mass is 32.1. The number of rotatable bonds is 8. The second-order valence-corrected chi connectivity index (χ2v) is 7.78. The van der Waals surface area contributed by atoms with Gasteiger partial charge in [-0.15, -0.1) is 18.3 Å². The summed E-state index contributed by atoms with van der Waals surface area (Å²) in [5.41, 5.74) is 5.89. The van der Waals surface area contributed by atoms with Gasteiger partial charge in [-0.25, -0.2) is 9.67 Å². The van der Waals surface area contributed by atoms with Crippen LogP contribution in [0.15, 0.2) is 84.4 Å². The van der Waals surface area contributed by atoms with Crippen LogP contribution < -0.4 is 15.5 Å². The number of nitrogens with zero attached hydrogens (tertiary/aromatic N) is 5. The second kappa shape index (κ2) is 11.4. The smallest absolute Gasteiger partial charge is 0.406 e. The minimum atomic E-state index is -4.74. The van der Waals surface area contributed by atoms with Crippen LogP contribution in [0.3, 0.4) is 0 Å². The number of aromatic nitrogens is 4. The Morgan fingerprint density at radius 2 is 1.81 bits per heavy atom. The van der Waals surface area contributed by atoms with Gasteiger partial charge in [0.15, 0.2) is 10.9 Å². The zero-order valence-electron chi connectivity index (χ0n) is 18.7. The highest BCUT2D eigenvalue weighted by Gasteiger charge is 2.31. The summed E-state index contributed by atoms with van der Waals surface area (Å²) >= 11 is 5.21. The fraction of sp³-hybridized carbons (Fsp3) is 0.125. The summed E-state index contributed by atoms with van der Waals surface area (Å²) in [6.07, 6.45) is 0.874. The highest BCUT2D eigenvalue weighted by Crippen LogP contribution is 2.24. The molecule has 4 aromatic rings. The van der Waals surface area contributed by atoms with Crippen molar-refractivity contribution in [2.75, 3.05) is 6.54 Å². The maximum atomic E-state index is 12.3. The normalized spacial score (nSPS) is 11.4. The molecule has 12 heteroatoms. The van der Waals surface area contributed by atoms with Crippen molar-refractivity contribution in [3.63, 3.8) is 0 Å². The maximum absolute atomic E-state index is 12.3. The quantitative estimate of drug-likeness (QED) is 0.208. The van der Waals surface area contributed by atoms with Crippen LogP contribution in [0.5, 0.6) is 5.75 Å². The molecule has 0 atom stereocenters. The van der Waals surface area contributed by atoms with Crippen molar-refractivity contribution >= 4 is 23.5 Å². The largest absolute Gasteiger partial charge is 0.573 e. The predicted octanol–water partition coefficient (Wildman–Crippen LogP) is 4.27. The van der Waals surface area contributed by atoms with E-state index in [9.17, 15) is 13.2 Å². The average Bonchev–Trinajstić information content (AvgIpc) is 3.35. The topological polar surface area (TPSA) is 89.2 Å². The van der Waals surface area contributed by atoms with E-state index in [1.807, 2.05) is 42.5 Å². The molecule has 0 bridgehead atoms. The third-order valence-electron chi connectivity index (χ3n) is 4.77. The van der Waals surface area contributed by atoms with Gasteiger partial charge >= 0.3 is 6.36 Å². The Morgan fingerprint density at radius 1 is 1.03 bits per heavy atom. The third kappa shape index (κ3) is 7.34. The first-order valence-electron chi connectivity index (χ1n) is 10.7. The SMILES string of the molecule is FC(F)(F)Oc1ccc(-n2cnc(-c3ccc(/C=N/NC(=S)NCCc4ccccn4)cc3)n2)cc1. The molecule has 0 aliphatic heterocycles. The van der Waals surface area contributed by atoms with Crippen LogP contribution in [0.1, 0.15) is 11.3 Å². The average molecular weight is 512 g/mol. The number of thiocarbonyl (C=S) groups is 1. The van der Waals surface area contributed by atoms with Gasteiger partial charge in [-0.05, 0) is 54.2 Å². The molecule has 0 amide bonds. The van der Waals surface area contributed by atoms with E-state index in [0.29, 0.717) is 23.2 Å². The summed E-state index contributed by atoms with van der Waals surface area (Å²) in [5, 5.41) is 12.0. The summed E-state index contributed by atoms with van der Waals surface area (Å²) < 4.78 is 42.3. The van der Waals surface area contributed by atoms with Gasteiger partial charge in [0.1, 0.15) is 12.1 Å². The molecule has 0 spiro atoms. The molecule has 0 fully saturated rings. The minimum Gasteiger partial charge on any atom is -0.406 e. The Balaban J connectivity index is 1.28. The highest BCUT2D eigenvalue weighted by molar-refractivity contribution is 7.80. The van der Waals surface area contributed by atoms with Crippen LogP contribution in [0.25, 0.3) is 17.1 Å². The summed E-state index contributed by atoms with van der Waals surface area (Å²) in [6, 6.07) is 18.5. The van der Waals surface area contributed by atoms with Gasteiger partial charge in [0, 0.05) is 30.4 Å². The van der Waals surface area contributed by atoms with Gasteiger partial charge in [-0.1, -0.05) is 30.3 Å². The summed E-state index contributed by atoms with van der Waals surface area (Å²) in [6.45, 7) is 0.637. The number of alkyl halides is 3. The fourth-order valence-electron chi connectivity index (χ4n) is 3.09. The van der Waals surface area contributed by atoms with Gasteiger partial charge < -0.3 is 10.1 Å². The number of halogens is 3. The molecule has 0 aliphatic carbocycles. The van der Waals surface area contributed by atoms with Crippen molar-refractivity contribution in [1.82, 2.24) is 30.5 Å². The Hall–Kier alpha value is -4.32. The fourth-order valence-corrected chi connectivity index (χ4v) is 3.25. The molecule has 2 heterocycles. The molecule has 184 valence electrons. The van der Waals surface area contributed by atoms with Gasteiger partial charge in [-0.2, -0.15) is 5.10 Å². The molecule has 36 heavy (non-hydrogen) atoms. The Bertz CT molecular complexity index is 1310.